The average molecular weight is 440 g/mol. The molecule has 0 fully saturated rings. The van der Waals surface area contributed by atoms with E-state index in [1.165, 1.54) is 6.20 Å². The van der Waals surface area contributed by atoms with Crippen molar-refractivity contribution in [2.75, 3.05) is 7.11 Å². The SMILES string of the molecule is COc1ccc2c(c1)c(/C=C1\Oc3c(ccc(OC(=O)c4cccnc4)c3C)C1=O)cn2C. The zero-order valence-corrected chi connectivity index (χ0v) is 18.3. The molecule has 0 saturated carbocycles. The van der Waals surface area contributed by atoms with Gasteiger partial charge in [-0.2, -0.15) is 0 Å². The van der Waals surface area contributed by atoms with E-state index in [1.807, 2.05) is 36.0 Å². The van der Waals surface area contributed by atoms with E-state index >= 15 is 0 Å². The van der Waals surface area contributed by atoms with Gasteiger partial charge in [-0.05, 0) is 55.5 Å². The monoisotopic (exact) mass is 440 g/mol. The van der Waals surface area contributed by atoms with Gasteiger partial charge in [0.25, 0.3) is 0 Å². The van der Waals surface area contributed by atoms with Crippen LogP contribution in [0.2, 0.25) is 0 Å². The number of methoxy groups -OCH3 is 1. The molecule has 0 bridgehead atoms. The molecule has 1 aliphatic rings. The van der Waals surface area contributed by atoms with Crippen molar-refractivity contribution in [2.45, 2.75) is 6.92 Å². The van der Waals surface area contributed by atoms with Gasteiger partial charge in [-0.15, -0.1) is 0 Å². The van der Waals surface area contributed by atoms with E-state index < -0.39 is 5.97 Å². The van der Waals surface area contributed by atoms with Gasteiger partial charge in [-0.3, -0.25) is 9.78 Å². The van der Waals surface area contributed by atoms with Gasteiger partial charge in [0.1, 0.15) is 17.2 Å². The smallest absolute Gasteiger partial charge is 0.345 e. The highest BCUT2D eigenvalue weighted by molar-refractivity contribution is 6.15. The van der Waals surface area contributed by atoms with E-state index in [9.17, 15) is 9.59 Å². The van der Waals surface area contributed by atoms with Gasteiger partial charge in [-0.25, -0.2) is 4.79 Å². The molecule has 5 rings (SSSR count). The van der Waals surface area contributed by atoms with Crippen molar-refractivity contribution in [3.05, 3.63) is 89.1 Å². The Bertz CT molecular complexity index is 1450. The lowest BCUT2D eigenvalue weighted by atomic mass is 10.1. The summed E-state index contributed by atoms with van der Waals surface area (Å²) >= 11 is 0. The fourth-order valence-electron chi connectivity index (χ4n) is 3.91. The van der Waals surface area contributed by atoms with Crippen LogP contribution in [0.5, 0.6) is 17.2 Å². The number of esters is 1. The van der Waals surface area contributed by atoms with Gasteiger partial charge >= 0.3 is 5.97 Å². The minimum Gasteiger partial charge on any atom is -0.497 e. The third kappa shape index (κ3) is 3.53. The summed E-state index contributed by atoms with van der Waals surface area (Å²) in [4.78, 5) is 29.4. The molecule has 7 heteroatoms. The van der Waals surface area contributed by atoms with Crippen LogP contribution in [0.4, 0.5) is 0 Å². The highest BCUT2D eigenvalue weighted by Crippen LogP contribution is 2.40. The highest BCUT2D eigenvalue weighted by atomic mass is 16.5. The Morgan fingerprint density at radius 3 is 2.79 bits per heavy atom. The van der Waals surface area contributed by atoms with Gasteiger partial charge in [0.2, 0.25) is 5.78 Å². The van der Waals surface area contributed by atoms with Crippen LogP contribution < -0.4 is 14.2 Å². The van der Waals surface area contributed by atoms with Gasteiger partial charge in [0.05, 0.1) is 18.2 Å². The minimum absolute atomic E-state index is 0.208. The fourth-order valence-corrected chi connectivity index (χ4v) is 3.91. The first-order valence-corrected chi connectivity index (χ1v) is 10.3. The van der Waals surface area contributed by atoms with Crippen LogP contribution in [-0.2, 0) is 7.05 Å². The van der Waals surface area contributed by atoms with Crippen molar-refractivity contribution in [3.8, 4) is 17.2 Å². The summed E-state index contributed by atoms with van der Waals surface area (Å²) in [6.07, 6.45) is 6.68. The first-order chi connectivity index (χ1) is 16.0. The Labute approximate surface area is 189 Å². The zero-order chi connectivity index (χ0) is 23.1. The molecule has 164 valence electrons. The van der Waals surface area contributed by atoms with Crippen molar-refractivity contribution in [3.63, 3.8) is 0 Å². The van der Waals surface area contributed by atoms with Crippen LogP contribution in [0, 0.1) is 6.92 Å². The second-order valence-corrected chi connectivity index (χ2v) is 7.71. The van der Waals surface area contributed by atoms with Gasteiger partial charge in [-0.1, -0.05) is 0 Å². The third-order valence-electron chi connectivity index (χ3n) is 5.65. The van der Waals surface area contributed by atoms with Crippen LogP contribution in [-0.4, -0.2) is 28.4 Å². The van der Waals surface area contributed by atoms with Crippen molar-refractivity contribution in [2.24, 2.45) is 7.05 Å². The molecule has 0 atom stereocenters. The molecular formula is C26H20N2O5. The summed E-state index contributed by atoms with van der Waals surface area (Å²) in [5, 5.41) is 0.944. The number of aromatic nitrogens is 2. The van der Waals surface area contributed by atoms with Gasteiger partial charge < -0.3 is 18.8 Å². The van der Waals surface area contributed by atoms with E-state index in [2.05, 4.69) is 4.98 Å². The molecule has 0 aliphatic carbocycles. The van der Waals surface area contributed by atoms with E-state index in [1.54, 1.807) is 50.6 Å². The second-order valence-electron chi connectivity index (χ2n) is 7.71. The van der Waals surface area contributed by atoms with Crippen LogP contribution >= 0.6 is 0 Å². The maximum atomic E-state index is 13.0. The predicted molar refractivity (Wildman–Crippen MR) is 123 cm³/mol. The standard InChI is InChI=1S/C26H20N2O5/c1-15-22(33-26(30)16-5-4-10-27-13-16)9-7-19-24(29)23(32-25(15)19)11-17-14-28(2)21-8-6-18(31-3)12-20(17)21/h4-14H,1-3H3/b23-11-. The molecule has 4 aromatic rings. The highest BCUT2D eigenvalue weighted by Gasteiger charge is 2.31. The molecular weight excluding hydrogens is 420 g/mol. The van der Waals surface area contributed by atoms with Gasteiger partial charge in [0, 0.05) is 47.7 Å². The summed E-state index contributed by atoms with van der Waals surface area (Å²) in [6.45, 7) is 1.75. The number of hydrogen-bond donors (Lipinski definition) is 0. The minimum atomic E-state index is -0.532. The molecule has 3 heterocycles. The number of allylic oxidation sites excluding steroid dienone is 1. The number of carbonyl (C=O) groups excluding carboxylic acids is 2. The van der Waals surface area contributed by atoms with E-state index in [0.29, 0.717) is 28.2 Å². The Balaban J connectivity index is 1.48. The Kier molecular flexibility index (Phi) is 4.94. The van der Waals surface area contributed by atoms with Crippen LogP contribution in [0.25, 0.3) is 17.0 Å². The second kappa shape index (κ2) is 7.94. The number of ether oxygens (including phenoxy) is 3. The molecule has 2 aromatic carbocycles. The lowest BCUT2D eigenvalue weighted by Crippen LogP contribution is -2.09. The summed E-state index contributed by atoms with van der Waals surface area (Å²) in [7, 11) is 3.56. The fraction of sp³-hybridized carbons (Fsp3) is 0.115. The number of fused-ring (bicyclic) bond motifs is 2. The largest absolute Gasteiger partial charge is 0.497 e. The van der Waals surface area contributed by atoms with Crippen LogP contribution in [0.1, 0.15) is 31.8 Å². The summed E-state index contributed by atoms with van der Waals surface area (Å²) in [5.74, 6) is 0.895. The Morgan fingerprint density at radius 2 is 2.03 bits per heavy atom. The normalized spacial score (nSPS) is 13.8. The van der Waals surface area contributed by atoms with E-state index in [-0.39, 0.29) is 11.5 Å². The number of Topliss-reactive ketones (excluding diaryl/α,β-unsaturated/α-hetero) is 1. The molecule has 0 amide bonds. The molecule has 0 spiro atoms. The Morgan fingerprint density at radius 1 is 1.18 bits per heavy atom. The predicted octanol–water partition coefficient (Wildman–Crippen LogP) is 4.73. The lowest BCUT2D eigenvalue weighted by Gasteiger charge is -2.10. The summed E-state index contributed by atoms with van der Waals surface area (Å²) in [6, 6.07) is 12.3. The number of benzene rings is 2. The summed E-state index contributed by atoms with van der Waals surface area (Å²) < 4.78 is 18.8. The quantitative estimate of drug-likeness (QED) is 0.259. The average Bonchev–Trinajstić information content (AvgIpc) is 3.32. The molecule has 0 N–H and O–H groups in total. The third-order valence-corrected chi connectivity index (χ3v) is 5.65. The number of hydrogen-bond acceptors (Lipinski definition) is 6. The topological polar surface area (TPSA) is 79.7 Å². The van der Waals surface area contributed by atoms with E-state index in [4.69, 9.17) is 14.2 Å². The number of pyridine rings is 1. The molecule has 33 heavy (non-hydrogen) atoms. The summed E-state index contributed by atoms with van der Waals surface area (Å²) in [5.41, 5.74) is 3.18. The Hall–Kier alpha value is -4.39. The molecule has 2 aromatic heterocycles. The molecule has 1 aliphatic heterocycles. The molecule has 0 unspecified atom stereocenters. The first-order valence-electron chi connectivity index (χ1n) is 10.3. The van der Waals surface area contributed by atoms with Crippen molar-refractivity contribution in [1.82, 2.24) is 9.55 Å². The maximum Gasteiger partial charge on any atom is 0.345 e. The lowest BCUT2D eigenvalue weighted by molar-refractivity contribution is 0.0732. The van der Waals surface area contributed by atoms with Crippen LogP contribution in [0.3, 0.4) is 0 Å². The molecule has 0 saturated heterocycles. The number of aryl methyl sites for hydroxylation is 1. The van der Waals surface area contributed by atoms with Crippen LogP contribution in [0.15, 0.2) is 66.8 Å². The van der Waals surface area contributed by atoms with Gasteiger partial charge in [0.15, 0.2) is 5.76 Å². The number of rotatable bonds is 4. The van der Waals surface area contributed by atoms with Crippen molar-refractivity contribution in [1.29, 1.82) is 0 Å². The van der Waals surface area contributed by atoms with Crippen molar-refractivity contribution < 1.29 is 23.8 Å². The van der Waals surface area contributed by atoms with E-state index in [0.717, 1.165) is 22.2 Å². The molecule has 7 nitrogen and oxygen atoms in total. The zero-order valence-electron chi connectivity index (χ0n) is 18.3. The number of carbonyl (C=O) groups is 2. The maximum absolute atomic E-state index is 13.0. The van der Waals surface area contributed by atoms with Crippen molar-refractivity contribution >= 4 is 28.7 Å². The number of ketones is 1. The number of nitrogens with zero attached hydrogens (tertiary/aromatic N) is 2. The molecule has 0 radical (unpaired) electrons. The first kappa shape index (κ1) is 20.5.